The van der Waals surface area contributed by atoms with E-state index in [2.05, 4.69) is 23.3 Å². The van der Waals surface area contributed by atoms with Crippen molar-refractivity contribution in [2.24, 2.45) is 5.73 Å². The van der Waals surface area contributed by atoms with E-state index in [-0.39, 0.29) is 0 Å². The number of hydrogen-bond acceptors (Lipinski definition) is 4. The first-order valence-electron chi connectivity index (χ1n) is 4.36. The fourth-order valence-corrected chi connectivity index (χ4v) is 1.34. The molecular weight excluding hydrogens is 210 g/mol. The molecule has 0 aromatic heterocycles. The smallest absolute Gasteiger partial charge is 0.211 e. The summed E-state index contributed by atoms with van der Waals surface area (Å²) in [5.41, 5.74) is 7.78. The van der Waals surface area contributed by atoms with E-state index in [4.69, 9.17) is 5.73 Å². The van der Waals surface area contributed by atoms with Crippen molar-refractivity contribution < 1.29 is 4.79 Å². The van der Waals surface area contributed by atoms with Crippen molar-refractivity contribution in [1.82, 2.24) is 0 Å². The molecule has 0 unspecified atom stereocenters. The minimum absolute atomic E-state index is 0.635. The lowest BCUT2D eigenvalue weighted by Gasteiger charge is -2.10. The molecule has 0 heterocycles. The molecule has 4 nitrogen and oxygen atoms in total. The van der Waals surface area contributed by atoms with E-state index in [0.717, 1.165) is 16.9 Å². The lowest BCUT2D eigenvalue weighted by Crippen LogP contribution is -2.00. The maximum atomic E-state index is 10.3. The maximum absolute atomic E-state index is 10.3. The van der Waals surface area contributed by atoms with E-state index in [0.29, 0.717) is 11.3 Å². The minimum atomic E-state index is 0.635. The van der Waals surface area contributed by atoms with E-state index in [1.54, 1.807) is 13.1 Å². The highest BCUT2D eigenvalue weighted by atomic mass is 32.1. The molecule has 0 aliphatic carbocycles. The molecular formula is C10H13N3OS. The Labute approximate surface area is 94.0 Å². The summed E-state index contributed by atoms with van der Waals surface area (Å²) in [6, 6.07) is 5.48. The highest BCUT2D eigenvalue weighted by Crippen LogP contribution is 2.27. The van der Waals surface area contributed by atoms with Crippen LogP contribution in [-0.2, 0) is 4.79 Å². The molecule has 0 radical (unpaired) electrons. The quantitative estimate of drug-likeness (QED) is 0.462. The summed E-state index contributed by atoms with van der Waals surface area (Å²) in [5.74, 6) is 0. The molecule has 1 aromatic carbocycles. The molecule has 4 N–H and O–H groups in total. The first kappa shape index (κ1) is 11.5. The number of carbonyl (C=O) groups is 1. The molecule has 1 aromatic rings. The largest absolute Gasteiger partial charge is 0.404 e. The topological polar surface area (TPSA) is 67.2 Å². The summed E-state index contributed by atoms with van der Waals surface area (Å²) in [5, 5.41) is 5.57. The summed E-state index contributed by atoms with van der Waals surface area (Å²) < 4.78 is 0. The molecule has 0 aliphatic heterocycles. The van der Waals surface area contributed by atoms with Crippen molar-refractivity contribution in [3.63, 3.8) is 0 Å². The number of nitrogens with one attached hydrogen (secondary N) is 2. The van der Waals surface area contributed by atoms with Crippen molar-refractivity contribution in [3.05, 3.63) is 30.0 Å². The second-order valence-electron chi connectivity index (χ2n) is 2.82. The second kappa shape index (κ2) is 5.31. The van der Waals surface area contributed by atoms with Crippen LogP contribution in [-0.4, -0.2) is 13.5 Å². The number of benzene rings is 1. The van der Waals surface area contributed by atoms with E-state index < -0.39 is 0 Å². The second-order valence-corrected chi connectivity index (χ2v) is 3.31. The van der Waals surface area contributed by atoms with Gasteiger partial charge in [-0.2, -0.15) is 0 Å². The van der Waals surface area contributed by atoms with Gasteiger partial charge >= 0.3 is 0 Å². The van der Waals surface area contributed by atoms with Crippen molar-refractivity contribution in [2.75, 3.05) is 17.7 Å². The third-order valence-electron chi connectivity index (χ3n) is 1.96. The van der Waals surface area contributed by atoms with Crippen molar-refractivity contribution in [3.8, 4) is 0 Å². The number of rotatable bonds is 4. The molecule has 0 bridgehead atoms. The molecule has 0 fully saturated rings. The molecule has 0 saturated heterocycles. The average Bonchev–Trinajstić information content (AvgIpc) is 2.29. The van der Waals surface area contributed by atoms with Crippen molar-refractivity contribution in [1.29, 1.82) is 0 Å². The van der Waals surface area contributed by atoms with Crippen LogP contribution >= 0.6 is 12.6 Å². The normalized spacial score (nSPS) is 10.9. The van der Waals surface area contributed by atoms with Crippen LogP contribution in [0.3, 0.4) is 0 Å². The Balaban J connectivity index is 3.12. The average molecular weight is 223 g/mol. The molecule has 0 saturated carbocycles. The van der Waals surface area contributed by atoms with Gasteiger partial charge in [0.15, 0.2) is 0 Å². The van der Waals surface area contributed by atoms with Crippen LogP contribution in [0, 0.1) is 0 Å². The Hall–Kier alpha value is -1.62. The van der Waals surface area contributed by atoms with Crippen LogP contribution in [0.25, 0.3) is 4.91 Å². The summed E-state index contributed by atoms with van der Waals surface area (Å²) in [7, 11) is 1.78. The van der Waals surface area contributed by atoms with E-state index in [1.165, 1.54) is 6.20 Å². The van der Waals surface area contributed by atoms with Crippen molar-refractivity contribution >= 4 is 35.3 Å². The van der Waals surface area contributed by atoms with Gasteiger partial charge in [-0.05, 0) is 17.7 Å². The first-order chi connectivity index (χ1) is 7.22. The number of thiol groups is 1. The van der Waals surface area contributed by atoms with E-state index in [1.807, 2.05) is 12.1 Å². The van der Waals surface area contributed by atoms with Gasteiger partial charge in [-0.1, -0.05) is 6.07 Å². The number of anilines is 2. The fourth-order valence-electron chi connectivity index (χ4n) is 1.20. The summed E-state index contributed by atoms with van der Waals surface area (Å²) in [6.45, 7) is 0. The summed E-state index contributed by atoms with van der Waals surface area (Å²) in [4.78, 5) is 11.0. The third-order valence-corrected chi connectivity index (χ3v) is 2.36. The molecule has 5 heteroatoms. The molecule has 80 valence electrons. The summed E-state index contributed by atoms with van der Waals surface area (Å²) in [6.07, 6.45) is 2.06. The zero-order chi connectivity index (χ0) is 11.3. The van der Waals surface area contributed by atoms with Gasteiger partial charge in [-0.15, -0.1) is 12.6 Å². The molecule has 1 rings (SSSR count). The van der Waals surface area contributed by atoms with Crippen LogP contribution in [0.1, 0.15) is 5.56 Å². The molecule has 0 atom stereocenters. The molecule has 15 heavy (non-hydrogen) atoms. The molecule has 0 aliphatic rings. The lowest BCUT2D eigenvalue weighted by molar-refractivity contribution is -0.105. The number of nitrogens with two attached hydrogens (primary N) is 1. The van der Waals surface area contributed by atoms with Crippen LogP contribution in [0.2, 0.25) is 0 Å². The van der Waals surface area contributed by atoms with Gasteiger partial charge in [-0.25, -0.2) is 0 Å². The fraction of sp³-hybridized carbons (Fsp3) is 0.100. The zero-order valence-corrected chi connectivity index (χ0v) is 9.21. The summed E-state index contributed by atoms with van der Waals surface area (Å²) >= 11 is 4.21. The number of carbonyl (C=O) groups excluding carboxylic acids is 1. The zero-order valence-electron chi connectivity index (χ0n) is 8.32. The Morgan fingerprint density at radius 3 is 2.73 bits per heavy atom. The van der Waals surface area contributed by atoms with Gasteiger partial charge in [0.2, 0.25) is 6.41 Å². The third kappa shape index (κ3) is 2.66. The molecule has 0 spiro atoms. The highest BCUT2D eigenvalue weighted by Gasteiger charge is 2.03. The van der Waals surface area contributed by atoms with Crippen molar-refractivity contribution in [2.45, 2.75) is 0 Å². The van der Waals surface area contributed by atoms with Crippen LogP contribution in [0.15, 0.2) is 24.4 Å². The lowest BCUT2D eigenvalue weighted by atomic mass is 10.1. The van der Waals surface area contributed by atoms with Crippen LogP contribution in [0.5, 0.6) is 0 Å². The Morgan fingerprint density at radius 1 is 1.47 bits per heavy atom. The Morgan fingerprint density at radius 2 is 2.20 bits per heavy atom. The maximum Gasteiger partial charge on any atom is 0.211 e. The predicted molar refractivity (Wildman–Crippen MR) is 66.8 cm³/mol. The van der Waals surface area contributed by atoms with Gasteiger partial charge in [0.25, 0.3) is 0 Å². The molecule has 1 amide bonds. The van der Waals surface area contributed by atoms with Gasteiger partial charge in [0, 0.05) is 18.2 Å². The Kier molecular flexibility index (Phi) is 4.05. The highest BCUT2D eigenvalue weighted by molar-refractivity contribution is 7.90. The monoisotopic (exact) mass is 223 g/mol. The predicted octanol–water partition coefficient (Wildman–Crippen LogP) is 1.48. The van der Waals surface area contributed by atoms with Crippen LogP contribution < -0.4 is 16.4 Å². The van der Waals surface area contributed by atoms with Gasteiger partial charge in [0.1, 0.15) is 0 Å². The first-order valence-corrected chi connectivity index (χ1v) is 4.81. The number of amides is 1. The van der Waals surface area contributed by atoms with E-state index >= 15 is 0 Å². The standard InChI is InChI=1S/C10H13N3OS/c1-12-9-4-7(10(15)5-11)2-3-8(9)13-6-14/h2-6,12,15H,11H2,1H3,(H,13,14)/b10-5-. The van der Waals surface area contributed by atoms with Gasteiger partial charge < -0.3 is 16.4 Å². The SMILES string of the molecule is CNc1cc(/C(S)=C/N)ccc1NC=O. The minimum Gasteiger partial charge on any atom is -0.404 e. The van der Waals surface area contributed by atoms with Gasteiger partial charge in [0.05, 0.1) is 11.4 Å². The van der Waals surface area contributed by atoms with Crippen LogP contribution in [0.4, 0.5) is 11.4 Å². The number of hydrogen-bond donors (Lipinski definition) is 4. The van der Waals surface area contributed by atoms with E-state index in [9.17, 15) is 4.79 Å². The Bertz CT molecular complexity index is 390. The van der Waals surface area contributed by atoms with Gasteiger partial charge in [-0.3, -0.25) is 4.79 Å².